The summed E-state index contributed by atoms with van der Waals surface area (Å²) in [7, 11) is 0. The van der Waals surface area contributed by atoms with E-state index in [2.05, 4.69) is 23.3 Å². The molecule has 21 heavy (non-hydrogen) atoms. The summed E-state index contributed by atoms with van der Waals surface area (Å²) < 4.78 is 0. The second-order valence-corrected chi connectivity index (χ2v) is 5.26. The number of nitrogens with one attached hydrogen (secondary N) is 1. The highest BCUT2D eigenvalue weighted by Gasteiger charge is 2.11. The first kappa shape index (κ1) is 17.0. The van der Waals surface area contributed by atoms with Crippen LogP contribution in [-0.4, -0.2) is 22.6 Å². The Labute approximate surface area is 126 Å². The second-order valence-electron chi connectivity index (χ2n) is 5.26. The highest BCUT2D eigenvalue weighted by molar-refractivity contribution is 5.66. The molecule has 0 fully saturated rings. The second kappa shape index (κ2) is 8.96. The van der Waals surface area contributed by atoms with E-state index in [9.17, 15) is 4.79 Å². The van der Waals surface area contributed by atoms with E-state index in [1.807, 2.05) is 13.0 Å². The number of aliphatic carboxylic acids is 1. The Morgan fingerprint density at radius 2 is 2.19 bits per heavy atom. The summed E-state index contributed by atoms with van der Waals surface area (Å²) in [5, 5.41) is 21.0. The summed E-state index contributed by atoms with van der Waals surface area (Å²) in [6.45, 7) is 4.70. The van der Waals surface area contributed by atoms with Crippen LogP contribution >= 0.6 is 0 Å². The summed E-state index contributed by atoms with van der Waals surface area (Å²) in [4.78, 5) is 15.0. The zero-order valence-electron chi connectivity index (χ0n) is 12.7. The van der Waals surface area contributed by atoms with Gasteiger partial charge in [0, 0.05) is 18.7 Å². The highest BCUT2D eigenvalue weighted by Crippen LogP contribution is 2.19. The fraction of sp³-hybridized carbons (Fsp3) is 0.562. The number of aromatic nitrogens is 1. The third-order valence-electron chi connectivity index (χ3n) is 3.46. The van der Waals surface area contributed by atoms with Crippen molar-refractivity contribution in [2.24, 2.45) is 5.92 Å². The number of carbonyl (C=O) groups is 1. The first-order valence-electron chi connectivity index (χ1n) is 7.40. The van der Waals surface area contributed by atoms with E-state index in [0.717, 1.165) is 25.0 Å². The molecule has 0 saturated heterocycles. The van der Waals surface area contributed by atoms with Crippen molar-refractivity contribution in [2.75, 3.05) is 11.9 Å². The standard InChI is InChI=1S/C16H23N3O2/c1-3-4-13(6-8-15(20)21)9-10-18-16-14(11-17)7-5-12(2)19-16/h5,7,13H,3-4,6,8-10H2,1-2H3,(H,18,19)(H,20,21). The van der Waals surface area contributed by atoms with Gasteiger partial charge in [-0.15, -0.1) is 0 Å². The molecule has 1 heterocycles. The number of pyridine rings is 1. The number of hydrogen-bond donors (Lipinski definition) is 2. The molecule has 0 aliphatic rings. The van der Waals surface area contributed by atoms with Gasteiger partial charge in [-0.1, -0.05) is 19.8 Å². The Bertz CT molecular complexity index is 509. The van der Waals surface area contributed by atoms with E-state index >= 15 is 0 Å². The molecular weight excluding hydrogens is 266 g/mol. The first-order chi connectivity index (χ1) is 10.1. The molecule has 0 aromatic carbocycles. The number of hydrogen-bond acceptors (Lipinski definition) is 4. The van der Waals surface area contributed by atoms with E-state index in [1.54, 1.807) is 6.07 Å². The van der Waals surface area contributed by atoms with Crippen LogP contribution in [0.15, 0.2) is 12.1 Å². The van der Waals surface area contributed by atoms with Crippen molar-refractivity contribution >= 4 is 11.8 Å². The van der Waals surface area contributed by atoms with Gasteiger partial charge < -0.3 is 10.4 Å². The van der Waals surface area contributed by atoms with E-state index in [4.69, 9.17) is 10.4 Å². The Balaban J connectivity index is 2.51. The molecule has 0 amide bonds. The lowest BCUT2D eigenvalue weighted by Crippen LogP contribution is -2.12. The summed E-state index contributed by atoms with van der Waals surface area (Å²) in [6.07, 6.45) is 3.90. The number of rotatable bonds is 9. The molecule has 1 unspecified atom stereocenters. The van der Waals surface area contributed by atoms with E-state index in [-0.39, 0.29) is 6.42 Å². The average molecular weight is 289 g/mol. The minimum Gasteiger partial charge on any atom is -0.481 e. The van der Waals surface area contributed by atoms with Crippen molar-refractivity contribution in [3.8, 4) is 6.07 Å². The van der Waals surface area contributed by atoms with Crippen LogP contribution in [0.25, 0.3) is 0 Å². The number of anilines is 1. The van der Waals surface area contributed by atoms with Crippen LogP contribution in [0.1, 0.15) is 50.3 Å². The monoisotopic (exact) mass is 289 g/mol. The van der Waals surface area contributed by atoms with E-state index in [0.29, 0.717) is 30.3 Å². The minimum atomic E-state index is -0.740. The third kappa shape index (κ3) is 6.26. The molecule has 1 atom stereocenters. The van der Waals surface area contributed by atoms with Gasteiger partial charge in [-0.2, -0.15) is 5.26 Å². The zero-order valence-corrected chi connectivity index (χ0v) is 12.7. The number of nitrogens with zero attached hydrogens (tertiary/aromatic N) is 2. The van der Waals surface area contributed by atoms with Gasteiger partial charge in [0.05, 0.1) is 5.56 Å². The first-order valence-corrected chi connectivity index (χ1v) is 7.40. The largest absolute Gasteiger partial charge is 0.481 e. The lowest BCUT2D eigenvalue weighted by Gasteiger charge is -2.16. The van der Waals surface area contributed by atoms with Crippen LogP contribution in [0.2, 0.25) is 0 Å². The van der Waals surface area contributed by atoms with Crippen LogP contribution in [0.3, 0.4) is 0 Å². The van der Waals surface area contributed by atoms with Gasteiger partial charge in [0.1, 0.15) is 11.9 Å². The predicted octanol–water partition coefficient (Wildman–Crippen LogP) is 3.34. The maximum absolute atomic E-state index is 10.7. The molecule has 1 aromatic rings. The van der Waals surface area contributed by atoms with Crippen LogP contribution in [0, 0.1) is 24.2 Å². The van der Waals surface area contributed by atoms with Crippen molar-refractivity contribution in [1.29, 1.82) is 5.26 Å². The average Bonchev–Trinajstić information content (AvgIpc) is 2.45. The molecule has 0 spiro atoms. The highest BCUT2D eigenvalue weighted by atomic mass is 16.4. The normalized spacial score (nSPS) is 11.7. The molecular formula is C16H23N3O2. The predicted molar refractivity (Wildman–Crippen MR) is 82.1 cm³/mol. The Morgan fingerprint density at radius 3 is 2.81 bits per heavy atom. The van der Waals surface area contributed by atoms with Gasteiger partial charge in [-0.3, -0.25) is 4.79 Å². The van der Waals surface area contributed by atoms with Crippen molar-refractivity contribution < 1.29 is 9.90 Å². The van der Waals surface area contributed by atoms with Crippen LogP contribution in [-0.2, 0) is 4.79 Å². The maximum atomic E-state index is 10.7. The SMILES string of the molecule is CCCC(CCNc1nc(C)ccc1C#N)CCC(=O)O. The van der Waals surface area contributed by atoms with Gasteiger partial charge in [0.15, 0.2) is 0 Å². The molecule has 2 N–H and O–H groups in total. The third-order valence-corrected chi connectivity index (χ3v) is 3.46. The minimum absolute atomic E-state index is 0.219. The Morgan fingerprint density at radius 1 is 1.43 bits per heavy atom. The summed E-state index contributed by atoms with van der Waals surface area (Å²) in [6, 6.07) is 5.70. The molecule has 5 heteroatoms. The number of aryl methyl sites for hydroxylation is 1. The maximum Gasteiger partial charge on any atom is 0.303 e. The van der Waals surface area contributed by atoms with Crippen LogP contribution < -0.4 is 5.32 Å². The molecule has 1 rings (SSSR count). The van der Waals surface area contributed by atoms with Gasteiger partial charge in [-0.25, -0.2) is 4.98 Å². The van der Waals surface area contributed by atoms with Gasteiger partial charge in [0.25, 0.3) is 0 Å². The lowest BCUT2D eigenvalue weighted by molar-refractivity contribution is -0.137. The van der Waals surface area contributed by atoms with Crippen molar-refractivity contribution in [3.63, 3.8) is 0 Å². The molecule has 0 radical (unpaired) electrons. The molecule has 5 nitrogen and oxygen atoms in total. The Hall–Kier alpha value is -2.09. The topological polar surface area (TPSA) is 86.0 Å². The lowest BCUT2D eigenvalue weighted by atomic mass is 9.94. The zero-order chi connectivity index (χ0) is 15.7. The van der Waals surface area contributed by atoms with E-state index in [1.165, 1.54) is 0 Å². The molecule has 0 bridgehead atoms. The van der Waals surface area contributed by atoms with Gasteiger partial charge >= 0.3 is 5.97 Å². The molecule has 0 saturated carbocycles. The number of nitriles is 1. The number of carboxylic acids is 1. The number of carboxylic acid groups (broad SMARTS) is 1. The molecule has 1 aromatic heterocycles. The Kier molecular flexibility index (Phi) is 7.24. The van der Waals surface area contributed by atoms with Crippen molar-refractivity contribution in [2.45, 2.75) is 46.0 Å². The van der Waals surface area contributed by atoms with E-state index < -0.39 is 5.97 Å². The van der Waals surface area contributed by atoms with Crippen molar-refractivity contribution in [3.05, 3.63) is 23.4 Å². The summed E-state index contributed by atoms with van der Waals surface area (Å²) in [5.41, 5.74) is 1.41. The molecule has 0 aliphatic heterocycles. The quantitative estimate of drug-likeness (QED) is 0.728. The fourth-order valence-corrected chi connectivity index (χ4v) is 2.35. The van der Waals surface area contributed by atoms with Crippen LogP contribution in [0.4, 0.5) is 5.82 Å². The molecule has 114 valence electrons. The van der Waals surface area contributed by atoms with Gasteiger partial charge in [-0.05, 0) is 37.8 Å². The summed E-state index contributed by atoms with van der Waals surface area (Å²) >= 11 is 0. The van der Waals surface area contributed by atoms with Gasteiger partial charge in [0.2, 0.25) is 0 Å². The van der Waals surface area contributed by atoms with Crippen molar-refractivity contribution in [1.82, 2.24) is 4.98 Å². The van der Waals surface area contributed by atoms with Crippen LogP contribution in [0.5, 0.6) is 0 Å². The smallest absolute Gasteiger partial charge is 0.303 e. The molecule has 0 aliphatic carbocycles. The summed E-state index contributed by atoms with van der Waals surface area (Å²) in [5.74, 6) is 0.274. The fourth-order valence-electron chi connectivity index (χ4n) is 2.35.